The molecule has 1 aromatic rings. The van der Waals surface area contributed by atoms with E-state index in [2.05, 4.69) is 24.4 Å². The average Bonchev–Trinajstić information content (AvgIpc) is 2.36. The Labute approximate surface area is 116 Å². The van der Waals surface area contributed by atoms with Crippen molar-refractivity contribution < 1.29 is 4.79 Å². The van der Waals surface area contributed by atoms with Crippen LogP contribution in [0.1, 0.15) is 38.2 Å². The van der Waals surface area contributed by atoms with Gasteiger partial charge in [0.15, 0.2) is 0 Å². The highest BCUT2D eigenvalue weighted by molar-refractivity contribution is 5.85. The SMILES string of the molecule is CC(NC(=O)CCCN)C(C)c1ccccc1.Cl. The van der Waals surface area contributed by atoms with E-state index in [1.54, 1.807) is 0 Å². The van der Waals surface area contributed by atoms with Gasteiger partial charge in [0.05, 0.1) is 0 Å². The largest absolute Gasteiger partial charge is 0.353 e. The molecule has 2 atom stereocenters. The third-order valence-corrected chi connectivity index (χ3v) is 3.07. The van der Waals surface area contributed by atoms with Crippen LogP contribution in [0.15, 0.2) is 30.3 Å². The summed E-state index contributed by atoms with van der Waals surface area (Å²) in [6.07, 6.45) is 1.26. The first kappa shape index (κ1) is 16.9. The average molecular weight is 271 g/mol. The van der Waals surface area contributed by atoms with Gasteiger partial charge in [-0.1, -0.05) is 37.3 Å². The van der Waals surface area contributed by atoms with E-state index in [1.165, 1.54) is 5.56 Å². The van der Waals surface area contributed by atoms with Gasteiger partial charge < -0.3 is 11.1 Å². The van der Waals surface area contributed by atoms with Crippen molar-refractivity contribution in [1.82, 2.24) is 5.32 Å². The van der Waals surface area contributed by atoms with Gasteiger partial charge in [-0.05, 0) is 25.5 Å². The van der Waals surface area contributed by atoms with Crippen molar-refractivity contribution in [3.63, 3.8) is 0 Å². The van der Waals surface area contributed by atoms with Crippen LogP contribution in [-0.4, -0.2) is 18.5 Å². The van der Waals surface area contributed by atoms with Gasteiger partial charge in [0.1, 0.15) is 0 Å². The lowest BCUT2D eigenvalue weighted by Crippen LogP contribution is -2.36. The fourth-order valence-electron chi connectivity index (χ4n) is 1.76. The number of nitrogens with two attached hydrogens (primary N) is 1. The van der Waals surface area contributed by atoms with Gasteiger partial charge in [-0.15, -0.1) is 12.4 Å². The number of halogens is 1. The Hall–Kier alpha value is -1.06. The van der Waals surface area contributed by atoms with Gasteiger partial charge >= 0.3 is 0 Å². The molecule has 0 aliphatic rings. The minimum Gasteiger partial charge on any atom is -0.353 e. The fraction of sp³-hybridized carbons (Fsp3) is 0.500. The van der Waals surface area contributed by atoms with Gasteiger partial charge in [-0.3, -0.25) is 4.79 Å². The first-order chi connectivity index (χ1) is 8.15. The smallest absolute Gasteiger partial charge is 0.220 e. The zero-order chi connectivity index (χ0) is 12.7. The van der Waals surface area contributed by atoms with E-state index in [4.69, 9.17) is 5.73 Å². The molecule has 0 fully saturated rings. The van der Waals surface area contributed by atoms with Crippen LogP contribution < -0.4 is 11.1 Å². The molecule has 3 nitrogen and oxygen atoms in total. The Bertz CT molecular complexity index is 343. The summed E-state index contributed by atoms with van der Waals surface area (Å²) in [5, 5.41) is 3.02. The lowest BCUT2D eigenvalue weighted by atomic mass is 9.94. The molecule has 0 heterocycles. The summed E-state index contributed by atoms with van der Waals surface area (Å²) in [6.45, 7) is 4.73. The maximum atomic E-state index is 11.6. The molecule has 0 spiro atoms. The Balaban J connectivity index is 0.00000289. The summed E-state index contributed by atoms with van der Waals surface area (Å²) in [4.78, 5) is 11.6. The normalized spacial score (nSPS) is 13.3. The van der Waals surface area contributed by atoms with Crippen molar-refractivity contribution in [3.8, 4) is 0 Å². The molecule has 0 bridgehead atoms. The summed E-state index contributed by atoms with van der Waals surface area (Å²) < 4.78 is 0. The quantitative estimate of drug-likeness (QED) is 0.834. The predicted octanol–water partition coefficient (Wildman–Crippen LogP) is 2.46. The van der Waals surface area contributed by atoms with Crippen molar-refractivity contribution >= 4 is 18.3 Å². The molecule has 0 radical (unpaired) electrons. The van der Waals surface area contributed by atoms with Crippen molar-refractivity contribution in [2.45, 2.75) is 38.6 Å². The number of nitrogens with one attached hydrogen (secondary N) is 1. The van der Waals surface area contributed by atoms with Gasteiger partial charge in [-0.2, -0.15) is 0 Å². The lowest BCUT2D eigenvalue weighted by Gasteiger charge is -2.21. The third-order valence-electron chi connectivity index (χ3n) is 3.07. The van der Waals surface area contributed by atoms with Crippen molar-refractivity contribution in [3.05, 3.63) is 35.9 Å². The maximum Gasteiger partial charge on any atom is 0.220 e. The monoisotopic (exact) mass is 270 g/mol. The molecule has 1 aromatic carbocycles. The molecule has 0 aliphatic heterocycles. The molecular formula is C14H23ClN2O. The topological polar surface area (TPSA) is 55.1 Å². The molecule has 0 saturated heterocycles. The number of rotatable bonds is 6. The summed E-state index contributed by atoms with van der Waals surface area (Å²) in [5.41, 5.74) is 6.63. The van der Waals surface area contributed by atoms with E-state index in [9.17, 15) is 4.79 Å². The van der Waals surface area contributed by atoms with E-state index in [0.717, 1.165) is 6.42 Å². The number of carbonyl (C=O) groups excluding carboxylic acids is 1. The standard InChI is InChI=1S/C14H22N2O.ClH/c1-11(13-7-4-3-5-8-13)12(2)16-14(17)9-6-10-15;/h3-5,7-8,11-12H,6,9-10,15H2,1-2H3,(H,16,17);1H. The van der Waals surface area contributed by atoms with Crippen LogP contribution in [0.25, 0.3) is 0 Å². The van der Waals surface area contributed by atoms with E-state index >= 15 is 0 Å². The molecule has 1 amide bonds. The van der Waals surface area contributed by atoms with Crippen LogP contribution >= 0.6 is 12.4 Å². The predicted molar refractivity (Wildman–Crippen MR) is 78.0 cm³/mol. The van der Waals surface area contributed by atoms with Crippen molar-refractivity contribution in [2.75, 3.05) is 6.54 Å². The molecule has 2 unspecified atom stereocenters. The highest BCUT2D eigenvalue weighted by Crippen LogP contribution is 2.18. The van der Waals surface area contributed by atoms with Crippen LogP contribution in [0.4, 0.5) is 0 Å². The van der Waals surface area contributed by atoms with E-state index in [0.29, 0.717) is 18.9 Å². The van der Waals surface area contributed by atoms with E-state index in [-0.39, 0.29) is 24.4 Å². The highest BCUT2D eigenvalue weighted by atomic mass is 35.5. The molecule has 1 rings (SSSR count). The van der Waals surface area contributed by atoms with Crippen LogP contribution in [0, 0.1) is 0 Å². The number of benzene rings is 1. The van der Waals surface area contributed by atoms with Crippen molar-refractivity contribution in [1.29, 1.82) is 0 Å². The summed E-state index contributed by atoms with van der Waals surface area (Å²) in [6, 6.07) is 10.4. The Morgan fingerprint density at radius 3 is 2.44 bits per heavy atom. The molecule has 0 saturated carbocycles. The Kier molecular flexibility index (Phi) is 8.42. The van der Waals surface area contributed by atoms with Crippen LogP contribution in [-0.2, 0) is 4.79 Å². The highest BCUT2D eigenvalue weighted by Gasteiger charge is 2.15. The Morgan fingerprint density at radius 2 is 1.89 bits per heavy atom. The number of amides is 1. The maximum absolute atomic E-state index is 11.6. The molecule has 0 aromatic heterocycles. The molecular weight excluding hydrogens is 248 g/mol. The Morgan fingerprint density at radius 1 is 1.28 bits per heavy atom. The van der Waals surface area contributed by atoms with Crippen molar-refractivity contribution in [2.24, 2.45) is 5.73 Å². The molecule has 18 heavy (non-hydrogen) atoms. The van der Waals surface area contributed by atoms with Crippen LogP contribution in [0.3, 0.4) is 0 Å². The molecule has 4 heteroatoms. The molecule has 3 N–H and O–H groups in total. The fourth-order valence-corrected chi connectivity index (χ4v) is 1.76. The second-order valence-electron chi connectivity index (χ2n) is 4.45. The second kappa shape index (κ2) is 8.95. The number of carbonyl (C=O) groups is 1. The number of hydrogen-bond donors (Lipinski definition) is 2. The zero-order valence-electron chi connectivity index (χ0n) is 11.1. The second-order valence-corrected chi connectivity index (χ2v) is 4.45. The summed E-state index contributed by atoms with van der Waals surface area (Å²) in [7, 11) is 0. The van der Waals surface area contributed by atoms with E-state index < -0.39 is 0 Å². The minimum atomic E-state index is 0. The van der Waals surface area contributed by atoms with Gasteiger partial charge in [0.25, 0.3) is 0 Å². The first-order valence-corrected chi connectivity index (χ1v) is 6.19. The third kappa shape index (κ3) is 5.52. The van der Waals surface area contributed by atoms with Crippen LogP contribution in [0.2, 0.25) is 0 Å². The zero-order valence-corrected chi connectivity index (χ0v) is 11.9. The summed E-state index contributed by atoms with van der Waals surface area (Å²) >= 11 is 0. The molecule has 102 valence electrons. The first-order valence-electron chi connectivity index (χ1n) is 6.19. The lowest BCUT2D eigenvalue weighted by molar-refractivity contribution is -0.121. The van der Waals surface area contributed by atoms with Gasteiger partial charge in [0, 0.05) is 18.4 Å². The molecule has 0 aliphatic carbocycles. The van der Waals surface area contributed by atoms with Gasteiger partial charge in [0.2, 0.25) is 5.91 Å². The van der Waals surface area contributed by atoms with Gasteiger partial charge in [-0.25, -0.2) is 0 Å². The van der Waals surface area contributed by atoms with Crippen LogP contribution in [0.5, 0.6) is 0 Å². The summed E-state index contributed by atoms with van der Waals surface area (Å²) in [5.74, 6) is 0.406. The van der Waals surface area contributed by atoms with E-state index in [1.807, 2.05) is 25.1 Å². The minimum absolute atomic E-state index is 0. The number of hydrogen-bond acceptors (Lipinski definition) is 2.